The monoisotopic (exact) mass is 291 g/mol. The maximum atomic E-state index is 13.1. The first-order valence-corrected chi connectivity index (χ1v) is 6.81. The number of hydrogen-bond acceptors (Lipinski definition) is 1. The predicted octanol–water partition coefficient (Wildman–Crippen LogP) is 4.43. The molecule has 0 amide bonds. The smallest absolute Gasteiger partial charge is 0.123 e. The molecule has 0 saturated heterocycles. The van der Waals surface area contributed by atoms with Gasteiger partial charge < -0.3 is 5.32 Å². The third-order valence-electron chi connectivity index (χ3n) is 4.11. The summed E-state index contributed by atoms with van der Waals surface area (Å²) in [4.78, 5) is 0. The Morgan fingerprint density at radius 3 is 2.25 bits per heavy atom. The van der Waals surface area contributed by atoms with Crippen LogP contribution >= 0.6 is 12.4 Å². The summed E-state index contributed by atoms with van der Waals surface area (Å²) in [5.41, 5.74) is 3.97. The van der Waals surface area contributed by atoms with Gasteiger partial charge in [-0.05, 0) is 48.7 Å². The fourth-order valence-electron chi connectivity index (χ4n) is 3.13. The zero-order valence-electron chi connectivity index (χ0n) is 11.5. The average molecular weight is 292 g/mol. The van der Waals surface area contributed by atoms with Crippen molar-refractivity contribution >= 4 is 12.4 Å². The average Bonchev–Trinajstić information content (AvgIpc) is 2.47. The van der Waals surface area contributed by atoms with Crippen LogP contribution in [0.15, 0.2) is 48.5 Å². The van der Waals surface area contributed by atoms with E-state index >= 15 is 0 Å². The number of rotatable bonds is 2. The SMILES string of the molecule is CN[C@@H]1CC[C@H](c2ccc(F)cc2)c2ccccc21.Cl. The summed E-state index contributed by atoms with van der Waals surface area (Å²) in [7, 11) is 2.01. The second-order valence-electron chi connectivity index (χ2n) is 5.15. The Morgan fingerprint density at radius 1 is 0.950 bits per heavy atom. The molecular formula is C17H19ClFN. The Morgan fingerprint density at radius 2 is 1.60 bits per heavy atom. The lowest BCUT2D eigenvalue weighted by Crippen LogP contribution is -2.24. The molecule has 1 N–H and O–H groups in total. The van der Waals surface area contributed by atoms with E-state index in [2.05, 4.69) is 29.6 Å². The van der Waals surface area contributed by atoms with E-state index in [0.29, 0.717) is 12.0 Å². The number of nitrogens with one attached hydrogen (secondary N) is 1. The van der Waals surface area contributed by atoms with Gasteiger partial charge in [-0.25, -0.2) is 4.39 Å². The maximum absolute atomic E-state index is 13.1. The van der Waals surface area contributed by atoms with Crippen molar-refractivity contribution in [2.75, 3.05) is 7.05 Å². The molecule has 2 atom stereocenters. The summed E-state index contributed by atoms with van der Waals surface area (Å²) in [5.74, 6) is 0.224. The molecule has 0 aromatic heterocycles. The van der Waals surface area contributed by atoms with Crippen molar-refractivity contribution in [1.29, 1.82) is 0 Å². The van der Waals surface area contributed by atoms with E-state index in [-0.39, 0.29) is 18.2 Å². The van der Waals surface area contributed by atoms with E-state index in [1.54, 1.807) is 12.1 Å². The molecule has 0 heterocycles. The summed E-state index contributed by atoms with van der Waals surface area (Å²) in [6.45, 7) is 0. The largest absolute Gasteiger partial charge is 0.313 e. The molecule has 0 spiro atoms. The highest BCUT2D eigenvalue weighted by atomic mass is 35.5. The summed E-state index contributed by atoms with van der Waals surface area (Å²) in [6.07, 6.45) is 2.23. The minimum atomic E-state index is -0.166. The van der Waals surface area contributed by atoms with Gasteiger partial charge in [0.15, 0.2) is 0 Å². The van der Waals surface area contributed by atoms with Crippen molar-refractivity contribution in [3.8, 4) is 0 Å². The molecule has 20 heavy (non-hydrogen) atoms. The molecule has 1 nitrogen and oxygen atoms in total. The molecule has 1 aliphatic carbocycles. The van der Waals surface area contributed by atoms with E-state index in [1.807, 2.05) is 19.2 Å². The van der Waals surface area contributed by atoms with Gasteiger partial charge in [-0.1, -0.05) is 36.4 Å². The van der Waals surface area contributed by atoms with Gasteiger partial charge in [0, 0.05) is 12.0 Å². The molecule has 0 aliphatic heterocycles. The van der Waals surface area contributed by atoms with Crippen molar-refractivity contribution in [2.45, 2.75) is 24.8 Å². The van der Waals surface area contributed by atoms with Gasteiger partial charge in [-0.3, -0.25) is 0 Å². The van der Waals surface area contributed by atoms with Gasteiger partial charge in [-0.2, -0.15) is 0 Å². The Balaban J connectivity index is 0.00000147. The molecule has 0 unspecified atom stereocenters. The first kappa shape index (κ1) is 15.0. The topological polar surface area (TPSA) is 12.0 Å². The molecule has 2 aromatic carbocycles. The van der Waals surface area contributed by atoms with Crippen LogP contribution in [-0.2, 0) is 0 Å². The predicted molar refractivity (Wildman–Crippen MR) is 83.0 cm³/mol. The minimum absolute atomic E-state index is 0. The van der Waals surface area contributed by atoms with Crippen LogP contribution in [-0.4, -0.2) is 7.05 Å². The lowest BCUT2D eigenvalue weighted by Gasteiger charge is -2.31. The van der Waals surface area contributed by atoms with E-state index in [1.165, 1.54) is 16.7 Å². The lowest BCUT2D eigenvalue weighted by atomic mass is 9.77. The Bertz CT molecular complexity index is 567. The highest BCUT2D eigenvalue weighted by Gasteiger charge is 2.26. The molecule has 1 aliphatic rings. The normalized spacial score (nSPS) is 20.9. The second kappa shape index (κ2) is 6.38. The first-order chi connectivity index (χ1) is 9.29. The van der Waals surface area contributed by atoms with E-state index < -0.39 is 0 Å². The van der Waals surface area contributed by atoms with Gasteiger partial charge in [0.25, 0.3) is 0 Å². The first-order valence-electron chi connectivity index (χ1n) is 6.81. The number of fused-ring (bicyclic) bond motifs is 1. The lowest BCUT2D eigenvalue weighted by molar-refractivity contribution is 0.470. The van der Waals surface area contributed by atoms with Gasteiger partial charge in [0.2, 0.25) is 0 Å². The molecule has 0 saturated carbocycles. The number of benzene rings is 2. The van der Waals surface area contributed by atoms with E-state index in [9.17, 15) is 4.39 Å². The molecule has 3 rings (SSSR count). The standard InChI is InChI=1S/C17H18FN.ClH/c1-19-17-11-10-14(12-6-8-13(18)9-7-12)15-4-2-3-5-16(15)17;/h2-9,14,17,19H,10-11H2,1H3;1H/t14-,17-;/m1./s1. The van der Waals surface area contributed by atoms with Gasteiger partial charge >= 0.3 is 0 Å². The zero-order chi connectivity index (χ0) is 13.2. The van der Waals surface area contributed by atoms with Crippen LogP contribution in [0.4, 0.5) is 4.39 Å². The Kier molecular flexibility index (Phi) is 4.79. The molecular weight excluding hydrogens is 273 g/mol. The minimum Gasteiger partial charge on any atom is -0.313 e. The highest BCUT2D eigenvalue weighted by Crippen LogP contribution is 2.40. The van der Waals surface area contributed by atoms with Gasteiger partial charge in [0.05, 0.1) is 0 Å². The Labute approximate surface area is 125 Å². The van der Waals surface area contributed by atoms with Crippen molar-refractivity contribution in [3.05, 3.63) is 71.0 Å². The highest BCUT2D eigenvalue weighted by molar-refractivity contribution is 5.85. The van der Waals surface area contributed by atoms with Crippen molar-refractivity contribution in [1.82, 2.24) is 5.32 Å². The van der Waals surface area contributed by atoms with E-state index in [0.717, 1.165) is 12.8 Å². The van der Waals surface area contributed by atoms with Crippen molar-refractivity contribution in [3.63, 3.8) is 0 Å². The summed E-state index contributed by atoms with van der Waals surface area (Å²) in [6, 6.07) is 16.0. The van der Waals surface area contributed by atoms with Crippen LogP contribution in [0.1, 0.15) is 41.5 Å². The van der Waals surface area contributed by atoms with Crippen LogP contribution in [0.2, 0.25) is 0 Å². The molecule has 2 aromatic rings. The van der Waals surface area contributed by atoms with Crippen LogP contribution in [0.5, 0.6) is 0 Å². The Hall–Kier alpha value is -1.38. The van der Waals surface area contributed by atoms with Crippen LogP contribution in [0.3, 0.4) is 0 Å². The molecule has 0 radical (unpaired) electrons. The summed E-state index contributed by atoms with van der Waals surface area (Å²) >= 11 is 0. The molecule has 0 bridgehead atoms. The zero-order valence-corrected chi connectivity index (χ0v) is 12.3. The summed E-state index contributed by atoms with van der Waals surface area (Å²) < 4.78 is 13.1. The number of halogens is 2. The summed E-state index contributed by atoms with van der Waals surface area (Å²) in [5, 5.41) is 3.38. The fourth-order valence-corrected chi connectivity index (χ4v) is 3.13. The van der Waals surface area contributed by atoms with Crippen LogP contribution < -0.4 is 5.32 Å². The van der Waals surface area contributed by atoms with Gasteiger partial charge in [0.1, 0.15) is 5.82 Å². The van der Waals surface area contributed by atoms with Gasteiger partial charge in [-0.15, -0.1) is 12.4 Å². The molecule has 106 valence electrons. The quantitative estimate of drug-likeness (QED) is 0.863. The number of hydrogen-bond donors (Lipinski definition) is 1. The van der Waals surface area contributed by atoms with Crippen molar-refractivity contribution < 1.29 is 4.39 Å². The van der Waals surface area contributed by atoms with Crippen LogP contribution in [0, 0.1) is 5.82 Å². The van der Waals surface area contributed by atoms with Crippen molar-refractivity contribution in [2.24, 2.45) is 0 Å². The molecule has 3 heteroatoms. The third-order valence-corrected chi connectivity index (χ3v) is 4.11. The van der Waals surface area contributed by atoms with E-state index in [4.69, 9.17) is 0 Å². The fraction of sp³-hybridized carbons (Fsp3) is 0.294. The maximum Gasteiger partial charge on any atom is 0.123 e. The molecule has 0 fully saturated rings. The second-order valence-corrected chi connectivity index (χ2v) is 5.15. The third kappa shape index (κ3) is 2.72. The van der Waals surface area contributed by atoms with Crippen LogP contribution in [0.25, 0.3) is 0 Å².